The predicted octanol–water partition coefficient (Wildman–Crippen LogP) is 2.23. The smallest absolute Gasteiger partial charge is 0.255 e. The third-order valence-electron chi connectivity index (χ3n) is 9.92. The lowest BCUT2D eigenvalue weighted by Gasteiger charge is -2.47. The van der Waals surface area contributed by atoms with Crippen LogP contribution in [0.2, 0.25) is 0 Å². The summed E-state index contributed by atoms with van der Waals surface area (Å²) in [7, 11) is 5.50. The second-order valence-electron chi connectivity index (χ2n) is 12.4. The standard InChI is InChI=1S/C30H38N4O6/c1-5-7-34-8-6-13-12-33(4)24-15-9-14-10-16-21(28(38)22(30(31)40)29(39)25(16)32(2)3)27(37)19(14)26(36)20(15)18(35)11-17(24)23(13)34/h11,13-14,16,21,23,25,35,37,39H,5-10,12H2,1-4H3,(H2,31,40)/t13?,14-,16-,21+,23?,25+/m0/s1. The van der Waals surface area contributed by atoms with Gasteiger partial charge in [0.1, 0.15) is 22.8 Å². The zero-order valence-electron chi connectivity index (χ0n) is 23.5. The zero-order chi connectivity index (χ0) is 28.8. The van der Waals surface area contributed by atoms with Gasteiger partial charge in [-0.1, -0.05) is 6.92 Å². The molecule has 1 aromatic carbocycles. The van der Waals surface area contributed by atoms with Crippen molar-refractivity contribution in [3.8, 4) is 5.75 Å². The van der Waals surface area contributed by atoms with E-state index in [1.807, 2.05) is 7.05 Å². The number of fused-ring (bicyclic) bond motifs is 7. The van der Waals surface area contributed by atoms with Gasteiger partial charge >= 0.3 is 0 Å². The Bertz CT molecular complexity index is 1400. The summed E-state index contributed by atoms with van der Waals surface area (Å²) < 4.78 is 0. The molecule has 10 heteroatoms. The van der Waals surface area contributed by atoms with Crippen molar-refractivity contribution >= 4 is 23.2 Å². The van der Waals surface area contributed by atoms with Crippen molar-refractivity contribution in [2.45, 2.75) is 44.7 Å². The molecule has 1 saturated heterocycles. The minimum atomic E-state index is -1.17. The fourth-order valence-corrected chi connectivity index (χ4v) is 8.58. The van der Waals surface area contributed by atoms with E-state index < -0.39 is 46.8 Å². The molecule has 1 amide bonds. The van der Waals surface area contributed by atoms with Crippen molar-refractivity contribution in [1.82, 2.24) is 9.80 Å². The van der Waals surface area contributed by atoms with Gasteiger partial charge in [0.2, 0.25) is 0 Å². The molecule has 5 aliphatic rings. The molecule has 40 heavy (non-hydrogen) atoms. The lowest BCUT2D eigenvalue weighted by molar-refractivity contribution is -0.127. The quantitative estimate of drug-likeness (QED) is 0.414. The molecule has 0 saturated carbocycles. The highest BCUT2D eigenvalue weighted by molar-refractivity contribution is 6.22. The molecule has 6 rings (SSSR count). The Balaban J connectivity index is 1.49. The first-order chi connectivity index (χ1) is 19.0. The van der Waals surface area contributed by atoms with E-state index in [1.54, 1.807) is 25.1 Å². The number of benzene rings is 1. The minimum absolute atomic E-state index is 0.103. The molecule has 0 radical (unpaired) electrons. The zero-order valence-corrected chi connectivity index (χ0v) is 23.5. The minimum Gasteiger partial charge on any atom is -0.511 e. The summed E-state index contributed by atoms with van der Waals surface area (Å²) in [6.45, 7) is 5.00. The van der Waals surface area contributed by atoms with Gasteiger partial charge in [0.15, 0.2) is 11.6 Å². The van der Waals surface area contributed by atoms with E-state index in [0.29, 0.717) is 18.8 Å². The maximum atomic E-state index is 14.1. The first-order valence-electron chi connectivity index (χ1n) is 14.2. The Morgan fingerprint density at radius 1 is 1.18 bits per heavy atom. The van der Waals surface area contributed by atoms with Crippen LogP contribution in [0.25, 0.3) is 0 Å². The summed E-state index contributed by atoms with van der Waals surface area (Å²) in [6.07, 6.45) is 2.88. The average Bonchev–Trinajstić information content (AvgIpc) is 3.25. The number of rotatable bonds is 4. The number of allylic oxidation sites excluding steroid dienone is 2. The molecular weight excluding hydrogens is 512 g/mol. The van der Waals surface area contributed by atoms with Crippen molar-refractivity contribution in [3.63, 3.8) is 0 Å². The fourth-order valence-electron chi connectivity index (χ4n) is 8.58. The van der Waals surface area contributed by atoms with Gasteiger partial charge in [0.05, 0.1) is 17.5 Å². The predicted molar refractivity (Wildman–Crippen MR) is 148 cm³/mol. The van der Waals surface area contributed by atoms with E-state index in [4.69, 9.17) is 5.73 Å². The summed E-state index contributed by atoms with van der Waals surface area (Å²) in [4.78, 5) is 46.0. The van der Waals surface area contributed by atoms with Crippen LogP contribution >= 0.6 is 0 Å². The number of nitrogens with zero attached hydrogens (tertiary/aromatic N) is 3. The Morgan fingerprint density at radius 2 is 1.90 bits per heavy atom. The third kappa shape index (κ3) is 3.58. The number of nitrogens with two attached hydrogens (primary N) is 1. The molecule has 2 unspecified atom stereocenters. The van der Waals surface area contributed by atoms with Gasteiger partial charge < -0.3 is 26.0 Å². The van der Waals surface area contributed by atoms with Gasteiger partial charge in [-0.2, -0.15) is 0 Å². The number of hydrogen-bond donors (Lipinski definition) is 4. The van der Waals surface area contributed by atoms with E-state index in [1.165, 1.54) is 0 Å². The highest BCUT2D eigenvalue weighted by Crippen LogP contribution is 2.55. The molecule has 3 aliphatic carbocycles. The second kappa shape index (κ2) is 9.34. The Hall–Kier alpha value is -3.37. The third-order valence-corrected chi connectivity index (χ3v) is 9.92. The van der Waals surface area contributed by atoms with Crippen molar-refractivity contribution in [2.75, 3.05) is 45.7 Å². The molecule has 2 aliphatic heterocycles. The van der Waals surface area contributed by atoms with Crippen molar-refractivity contribution in [1.29, 1.82) is 0 Å². The van der Waals surface area contributed by atoms with Crippen LogP contribution < -0.4 is 10.6 Å². The maximum absolute atomic E-state index is 14.1. The van der Waals surface area contributed by atoms with Crippen molar-refractivity contribution in [2.24, 2.45) is 29.4 Å². The van der Waals surface area contributed by atoms with Crippen molar-refractivity contribution in [3.05, 3.63) is 45.4 Å². The molecule has 2 heterocycles. The monoisotopic (exact) mass is 550 g/mol. The van der Waals surface area contributed by atoms with Gasteiger partial charge in [-0.3, -0.25) is 24.2 Å². The van der Waals surface area contributed by atoms with E-state index in [9.17, 15) is 29.7 Å². The van der Waals surface area contributed by atoms with E-state index in [-0.39, 0.29) is 34.4 Å². The number of primary amides is 1. The largest absolute Gasteiger partial charge is 0.511 e. The van der Waals surface area contributed by atoms with Crippen molar-refractivity contribution < 1.29 is 29.7 Å². The Labute approximate surface area is 233 Å². The van der Waals surface area contributed by atoms with Crippen LogP contribution in [0, 0.1) is 23.7 Å². The first-order valence-corrected chi connectivity index (χ1v) is 14.2. The topological polar surface area (TPSA) is 148 Å². The van der Waals surface area contributed by atoms with Gasteiger partial charge in [-0.25, -0.2) is 0 Å². The SMILES string of the molecule is CCCN1CCC2CN(C)c3c(cc(O)c4c3C[C@H]3C[C@H]5[C@@H](C(=O)C(C(N)=O)=C(O)[C@@H]5N(C)C)C(O)=C3C4=O)C21. The number of ketones is 2. The van der Waals surface area contributed by atoms with Crippen LogP contribution in [0.15, 0.2) is 28.7 Å². The molecular formula is C30H38N4O6. The number of amides is 1. The van der Waals surface area contributed by atoms with Gasteiger partial charge in [-0.15, -0.1) is 0 Å². The molecule has 0 spiro atoms. The molecule has 0 bridgehead atoms. The molecule has 5 N–H and O–H groups in total. The number of carbonyl (C=O) groups is 3. The van der Waals surface area contributed by atoms with Crippen LogP contribution in [0.3, 0.4) is 0 Å². The van der Waals surface area contributed by atoms with Crippen LogP contribution in [-0.4, -0.2) is 89.4 Å². The number of aromatic hydroxyl groups is 1. The second-order valence-corrected chi connectivity index (χ2v) is 12.4. The lowest BCUT2D eigenvalue weighted by atomic mass is 9.60. The van der Waals surface area contributed by atoms with E-state index in [2.05, 4.69) is 16.7 Å². The number of aliphatic hydroxyl groups is 2. The number of Topliss-reactive ketones (excluding diaryl/α,β-unsaturated/α-hetero) is 2. The summed E-state index contributed by atoms with van der Waals surface area (Å²) in [5, 5.41) is 33.8. The summed E-state index contributed by atoms with van der Waals surface area (Å²) in [5.41, 5.74) is 8.04. The Kier molecular flexibility index (Phi) is 6.27. The number of aliphatic hydroxyl groups excluding tert-OH is 2. The fraction of sp³-hybridized carbons (Fsp3) is 0.567. The molecule has 10 nitrogen and oxygen atoms in total. The first kappa shape index (κ1) is 26.8. The van der Waals surface area contributed by atoms with E-state index >= 15 is 0 Å². The van der Waals surface area contributed by atoms with Crippen LogP contribution in [0.1, 0.15) is 53.7 Å². The maximum Gasteiger partial charge on any atom is 0.255 e. The molecule has 6 atom stereocenters. The average molecular weight is 551 g/mol. The summed E-state index contributed by atoms with van der Waals surface area (Å²) in [5.74, 6) is -4.89. The number of phenolic OH excluding ortho intramolecular Hbond substituents is 1. The highest BCUT2D eigenvalue weighted by atomic mass is 16.3. The lowest BCUT2D eigenvalue weighted by Crippen LogP contribution is -2.53. The van der Waals surface area contributed by atoms with Gasteiger partial charge in [0, 0.05) is 30.9 Å². The number of anilines is 1. The summed E-state index contributed by atoms with van der Waals surface area (Å²) in [6, 6.07) is 1.19. The van der Waals surface area contributed by atoms with Crippen LogP contribution in [0.5, 0.6) is 5.75 Å². The highest BCUT2D eigenvalue weighted by Gasteiger charge is 2.55. The van der Waals surface area contributed by atoms with E-state index in [0.717, 1.165) is 49.3 Å². The van der Waals surface area contributed by atoms with Crippen LogP contribution in [-0.2, 0) is 16.0 Å². The molecule has 1 aromatic rings. The van der Waals surface area contributed by atoms with Crippen LogP contribution in [0.4, 0.5) is 5.69 Å². The van der Waals surface area contributed by atoms with Gasteiger partial charge in [-0.05, 0) is 87.8 Å². The number of likely N-dealkylation sites (N-methyl/N-ethyl adjacent to an activating group) is 1. The number of likely N-dealkylation sites (tertiary alicyclic amines) is 1. The van der Waals surface area contributed by atoms with Gasteiger partial charge in [0.25, 0.3) is 5.91 Å². The number of carbonyl (C=O) groups excluding carboxylic acids is 3. The number of phenols is 1. The normalized spacial score (nSPS) is 31.7. The molecule has 0 aromatic heterocycles. The molecule has 1 fully saturated rings. The number of hydrogen-bond acceptors (Lipinski definition) is 9. The summed E-state index contributed by atoms with van der Waals surface area (Å²) >= 11 is 0. The molecule has 214 valence electrons. The Morgan fingerprint density at radius 3 is 2.55 bits per heavy atom.